The van der Waals surface area contributed by atoms with E-state index in [4.69, 9.17) is 5.73 Å². The molecule has 1 aromatic carbocycles. The van der Waals surface area contributed by atoms with Gasteiger partial charge in [0.2, 0.25) is 0 Å². The van der Waals surface area contributed by atoms with Gasteiger partial charge in [0.25, 0.3) is 0 Å². The average molecular weight is 322 g/mol. The van der Waals surface area contributed by atoms with Crippen LogP contribution in [-0.4, -0.2) is 43.0 Å². The lowest BCUT2D eigenvalue weighted by Crippen LogP contribution is -2.70. The van der Waals surface area contributed by atoms with E-state index >= 15 is 0 Å². The van der Waals surface area contributed by atoms with Crippen LogP contribution in [0.15, 0.2) is 18.2 Å². The third-order valence-electron chi connectivity index (χ3n) is 4.16. The Kier molecular flexibility index (Phi) is 4.17. The van der Waals surface area contributed by atoms with Gasteiger partial charge in [0.1, 0.15) is 0 Å². The van der Waals surface area contributed by atoms with Crippen LogP contribution in [0.3, 0.4) is 0 Å². The highest BCUT2D eigenvalue weighted by atomic mass is 35.5. The van der Waals surface area contributed by atoms with Crippen LogP contribution in [0.4, 0.5) is 18.9 Å². The summed E-state index contributed by atoms with van der Waals surface area (Å²) in [7, 11) is 2.07. The van der Waals surface area contributed by atoms with E-state index in [9.17, 15) is 13.2 Å². The number of halogens is 4. The van der Waals surface area contributed by atoms with Gasteiger partial charge < -0.3 is 10.6 Å². The first-order valence-electron chi connectivity index (χ1n) is 6.64. The summed E-state index contributed by atoms with van der Waals surface area (Å²) in [6.07, 6.45) is -4.34. The molecule has 1 aromatic rings. The molecule has 0 bridgehead atoms. The SMILES string of the molecule is CN1CC2(C1)CN(Cc1ccc(N)cc1C(F)(F)F)C2.Cl. The minimum Gasteiger partial charge on any atom is -0.399 e. The monoisotopic (exact) mass is 321 g/mol. The normalized spacial score (nSPS) is 21.5. The second kappa shape index (κ2) is 5.34. The third kappa shape index (κ3) is 3.12. The maximum Gasteiger partial charge on any atom is 0.416 e. The first-order chi connectivity index (χ1) is 9.27. The quantitative estimate of drug-likeness (QED) is 0.849. The highest BCUT2D eigenvalue weighted by Gasteiger charge is 2.50. The third-order valence-corrected chi connectivity index (χ3v) is 4.16. The molecular weight excluding hydrogens is 303 g/mol. The van der Waals surface area contributed by atoms with E-state index < -0.39 is 11.7 Å². The molecule has 1 spiro atoms. The van der Waals surface area contributed by atoms with E-state index in [0.29, 0.717) is 17.5 Å². The first kappa shape index (κ1) is 16.4. The number of hydrogen-bond acceptors (Lipinski definition) is 3. The van der Waals surface area contributed by atoms with Crippen molar-refractivity contribution in [2.75, 3.05) is 39.0 Å². The second-order valence-electron chi connectivity index (χ2n) is 6.23. The van der Waals surface area contributed by atoms with Crippen molar-refractivity contribution in [2.45, 2.75) is 12.7 Å². The minimum absolute atomic E-state index is 0. The van der Waals surface area contributed by atoms with Crippen LogP contribution >= 0.6 is 12.4 Å². The van der Waals surface area contributed by atoms with E-state index in [2.05, 4.69) is 16.8 Å². The summed E-state index contributed by atoms with van der Waals surface area (Å²) in [6.45, 7) is 4.23. The maximum absolute atomic E-state index is 13.0. The van der Waals surface area contributed by atoms with Gasteiger partial charge in [-0.05, 0) is 24.7 Å². The zero-order valence-corrected chi connectivity index (χ0v) is 12.6. The fourth-order valence-electron chi connectivity index (χ4n) is 3.55. The van der Waals surface area contributed by atoms with Gasteiger partial charge in [0.05, 0.1) is 5.56 Å². The van der Waals surface area contributed by atoms with E-state index in [1.807, 2.05) is 0 Å². The number of nitrogens with two attached hydrogens (primary N) is 1. The summed E-state index contributed by atoms with van der Waals surface area (Å²) in [4.78, 5) is 4.31. The number of likely N-dealkylation sites (tertiary alicyclic amines) is 2. The van der Waals surface area contributed by atoms with Gasteiger partial charge in [-0.3, -0.25) is 4.90 Å². The second-order valence-corrected chi connectivity index (χ2v) is 6.23. The molecule has 2 aliphatic heterocycles. The lowest BCUT2D eigenvalue weighted by molar-refractivity contribution is -0.139. The van der Waals surface area contributed by atoms with E-state index in [1.54, 1.807) is 0 Å². The van der Waals surface area contributed by atoms with Gasteiger partial charge in [0.15, 0.2) is 0 Å². The standard InChI is InChI=1S/C14H18F3N3.ClH/c1-19-6-13(7-19)8-20(9-13)5-10-2-3-11(18)4-12(10)14(15,16)17;/h2-4H,5-9,18H2,1H3;1H. The van der Waals surface area contributed by atoms with Gasteiger partial charge in [-0.1, -0.05) is 6.07 Å². The molecule has 21 heavy (non-hydrogen) atoms. The molecule has 0 atom stereocenters. The molecule has 2 aliphatic rings. The minimum atomic E-state index is -4.34. The largest absolute Gasteiger partial charge is 0.416 e. The van der Waals surface area contributed by atoms with Crippen molar-refractivity contribution in [3.8, 4) is 0 Å². The predicted octanol–water partition coefficient (Wildman–Crippen LogP) is 2.46. The summed E-state index contributed by atoms with van der Waals surface area (Å²) in [5.41, 5.74) is 5.67. The van der Waals surface area contributed by atoms with Crippen LogP contribution in [0.1, 0.15) is 11.1 Å². The van der Waals surface area contributed by atoms with Crippen molar-refractivity contribution in [1.29, 1.82) is 0 Å². The summed E-state index contributed by atoms with van der Waals surface area (Å²) < 4.78 is 39.0. The molecule has 0 saturated carbocycles. The maximum atomic E-state index is 13.0. The number of anilines is 1. The Labute approximate surface area is 128 Å². The molecule has 3 nitrogen and oxygen atoms in total. The molecule has 118 valence electrons. The van der Waals surface area contributed by atoms with Crippen molar-refractivity contribution < 1.29 is 13.2 Å². The van der Waals surface area contributed by atoms with Crippen molar-refractivity contribution in [3.63, 3.8) is 0 Å². The van der Waals surface area contributed by atoms with Crippen LogP contribution in [0.5, 0.6) is 0 Å². The van der Waals surface area contributed by atoms with Crippen molar-refractivity contribution in [3.05, 3.63) is 29.3 Å². The highest BCUT2D eigenvalue weighted by molar-refractivity contribution is 5.85. The van der Waals surface area contributed by atoms with E-state index in [1.165, 1.54) is 12.1 Å². The van der Waals surface area contributed by atoms with Crippen molar-refractivity contribution in [2.24, 2.45) is 5.41 Å². The highest BCUT2D eigenvalue weighted by Crippen LogP contribution is 2.40. The Hall–Kier alpha value is -0.980. The summed E-state index contributed by atoms with van der Waals surface area (Å²) in [6, 6.07) is 4.06. The molecule has 2 N–H and O–H groups in total. The number of nitrogens with zero attached hydrogens (tertiary/aromatic N) is 2. The molecule has 0 aromatic heterocycles. The summed E-state index contributed by atoms with van der Waals surface area (Å²) in [5, 5.41) is 0. The van der Waals surface area contributed by atoms with Gasteiger partial charge >= 0.3 is 6.18 Å². The fraction of sp³-hybridized carbons (Fsp3) is 0.571. The molecular formula is C14H19ClF3N3. The molecule has 0 amide bonds. The van der Waals surface area contributed by atoms with E-state index in [0.717, 1.165) is 32.2 Å². The lowest BCUT2D eigenvalue weighted by Gasteiger charge is -2.59. The van der Waals surface area contributed by atoms with Gasteiger partial charge in [-0.2, -0.15) is 13.2 Å². The number of nitrogen functional groups attached to an aromatic ring is 1. The van der Waals surface area contributed by atoms with E-state index in [-0.39, 0.29) is 18.1 Å². The fourth-order valence-corrected chi connectivity index (χ4v) is 3.55. The van der Waals surface area contributed by atoms with Gasteiger partial charge in [-0.15, -0.1) is 12.4 Å². The topological polar surface area (TPSA) is 32.5 Å². The Morgan fingerprint density at radius 2 is 1.81 bits per heavy atom. The van der Waals surface area contributed by atoms with Crippen LogP contribution in [-0.2, 0) is 12.7 Å². The first-order valence-corrected chi connectivity index (χ1v) is 6.64. The zero-order chi connectivity index (χ0) is 14.5. The molecule has 2 fully saturated rings. The number of rotatable bonds is 2. The van der Waals surface area contributed by atoms with Crippen LogP contribution in [0.2, 0.25) is 0 Å². The van der Waals surface area contributed by atoms with Crippen LogP contribution < -0.4 is 5.73 Å². The van der Waals surface area contributed by atoms with Gasteiger partial charge in [0, 0.05) is 43.8 Å². The van der Waals surface area contributed by atoms with Crippen LogP contribution in [0.25, 0.3) is 0 Å². The summed E-state index contributed by atoms with van der Waals surface area (Å²) in [5.74, 6) is 0. The average Bonchev–Trinajstić information content (AvgIpc) is 2.25. The predicted molar refractivity (Wildman–Crippen MR) is 78.3 cm³/mol. The number of benzene rings is 1. The van der Waals surface area contributed by atoms with Crippen LogP contribution in [0, 0.1) is 5.41 Å². The molecule has 0 aliphatic carbocycles. The molecule has 2 heterocycles. The van der Waals surface area contributed by atoms with Crippen molar-refractivity contribution in [1.82, 2.24) is 9.80 Å². The molecule has 7 heteroatoms. The molecule has 2 saturated heterocycles. The Morgan fingerprint density at radius 1 is 1.19 bits per heavy atom. The van der Waals surface area contributed by atoms with Gasteiger partial charge in [-0.25, -0.2) is 0 Å². The Balaban J connectivity index is 0.00000161. The summed E-state index contributed by atoms with van der Waals surface area (Å²) >= 11 is 0. The lowest BCUT2D eigenvalue weighted by atomic mass is 9.73. The molecule has 0 unspecified atom stereocenters. The Morgan fingerprint density at radius 3 is 2.33 bits per heavy atom. The smallest absolute Gasteiger partial charge is 0.399 e. The zero-order valence-electron chi connectivity index (χ0n) is 11.8. The molecule has 0 radical (unpaired) electrons. The number of alkyl halides is 3. The molecule has 3 rings (SSSR count). The Bertz CT molecular complexity index is 519. The number of hydrogen-bond donors (Lipinski definition) is 1. The van der Waals surface area contributed by atoms with Crippen molar-refractivity contribution >= 4 is 18.1 Å².